The number of sulfonamides is 1. The van der Waals surface area contributed by atoms with E-state index in [4.69, 9.17) is 4.74 Å². The second-order valence-electron chi connectivity index (χ2n) is 9.53. The fourth-order valence-electron chi connectivity index (χ4n) is 4.01. The fraction of sp³-hybridized carbons (Fsp3) is 0.333. The molecule has 0 spiro atoms. The molecule has 0 aliphatic heterocycles. The molecule has 2 amide bonds. The molecule has 2 atom stereocenters. The van der Waals surface area contributed by atoms with Crippen LogP contribution in [0.4, 0.5) is 5.69 Å². The molecule has 8 nitrogen and oxygen atoms in total. The molecule has 0 aliphatic carbocycles. The second-order valence-corrected chi connectivity index (χ2v) is 11.4. The molecule has 0 fully saturated rings. The fourth-order valence-corrected chi connectivity index (χ4v) is 5.43. The molecule has 3 aromatic rings. The molecule has 0 unspecified atom stereocenters. The van der Waals surface area contributed by atoms with Gasteiger partial charge in [0.05, 0.1) is 17.7 Å². The highest BCUT2D eigenvalue weighted by molar-refractivity contribution is 7.92. The van der Waals surface area contributed by atoms with Crippen LogP contribution in [0.15, 0.2) is 83.8 Å². The van der Waals surface area contributed by atoms with E-state index >= 15 is 0 Å². The molecule has 9 heteroatoms. The molecule has 0 bridgehead atoms. The number of carbonyl (C=O) groups excluding carboxylic acids is 2. The van der Waals surface area contributed by atoms with Crippen LogP contribution in [-0.4, -0.2) is 50.9 Å². The van der Waals surface area contributed by atoms with Crippen molar-refractivity contribution in [3.8, 4) is 5.75 Å². The van der Waals surface area contributed by atoms with Crippen LogP contribution >= 0.6 is 0 Å². The summed E-state index contributed by atoms with van der Waals surface area (Å²) in [7, 11) is -2.51. The Labute approximate surface area is 231 Å². The van der Waals surface area contributed by atoms with E-state index in [0.717, 1.165) is 21.9 Å². The lowest BCUT2D eigenvalue weighted by Gasteiger charge is -2.32. The number of ether oxygens (including phenoxy) is 1. The highest BCUT2D eigenvalue weighted by Crippen LogP contribution is 2.25. The number of carbonyl (C=O) groups is 2. The van der Waals surface area contributed by atoms with E-state index in [1.807, 2.05) is 39.0 Å². The van der Waals surface area contributed by atoms with Crippen LogP contribution in [0, 0.1) is 6.92 Å². The Hall–Kier alpha value is -3.85. The van der Waals surface area contributed by atoms with Crippen molar-refractivity contribution in [2.24, 2.45) is 0 Å². The largest absolute Gasteiger partial charge is 0.497 e. The number of benzene rings is 3. The lowest BCUT2D eigenvalue weighted by molar-refractivity contribution is -0.139. The van der Waals surface area contributed by atoms with Gasteiger partial charge in [-0.05, 0) is 74.7 Å². The highest BCUT2D eigenvalue weighted by atomic mass is 32.2. The van der Waals surface area contributed by atoms with Crippen LogP contribution in [0.1, 0.15) is 38.3 Å². The Kier molecular flexibility index (Phi) is 10.1. The smallest absolute Gasteiger partial charge is 0.264 e. The van der Waals surface area contributed by atoms with E-state index < -0.39 is 28.5 Å². The average molecular weight is 552 g/mol. The van der Waals surface area contributed by atoms with Gasteiger partial charge in [0.2, 0.25) is 11.8 Å². The Morgan fingerprint density at radius 3 is 2.21 bits per heavy atom. The SMILES string of the molecule is CC[C@H](C)NC(=O)[C@H](C)N(Cc1ccc(OC)cc1)C(=O)CN(c1cccc(C)c1)S(=O)(=O)c1ccccc1. The van der Waals surface area contributed by atoms with Crippen LogP contribution in [0.3, 0.4) is 0 Å². The number of nitrogens with one attached hydrogen (secondary N) is 1. The maximum Gasteiger partial charge on any atom is 0.264 e. The van der Waals surface area contributed by atoms with Gasteiger partial charge in [0.15, 0.2) is 0 Å². The van der Waals surface area contributed by atoms with Gasteiger partial charge >= 0.3 is 0 Å². The van der Waals surface area contributed by atoms with Gasteiger partial charge in [0, 0.05) is 12.6 Å². The molecule has 1 N–H and O–H groups in total. The van der Waals surface area contributed by atoms with E-state index in [-0.39, 0.29) is 23.4 Å². The number of aryl methyl sites for hydroxylation is 1. The predicted octanol–water partition coefficient (Wildman–Crippen LogP) is 4.53. The van der Waals surface area contributed by atoms with Crippen LogP contribution in [0.2, 0.25) is 0 Å². The molecule has 0 heterocycles. The molecule has 39 heavy (non-hydrogen) atoms. The predicted molar refractivity (Wildman–Crippen MR) is 153 cm³/mol. The molecule has 208 valence electrons. The first-order valence-corrected chi connectivity index (χ1v) is 14.4. The first kappa shape index (κ1) is 29.7. The van der Waals surface area contributed by atoms with Gasteiger partial charge in [-0.25, -0.2) is 8.42 Å². The van der Waals surface area contributed by atoms with E-state index in [0.29, 0.717) is 11.4 Å². The first-order chi connectivity index (χ1) is 18.6. The van der Waals surface area contributed by atoms with Gasteiger partial charge in [-0.1, -0.05) is 49.4 Å². The summed E-state index contributed by atoms with van der Waals surface area (Å²) in [4.78, 5) is 28.5. The molecule has 0 aliphatic rings. The first-order valence-electron chi connectivity index (χ1n) is 12.9. The molecular formula is C30H37N3O5S. The van der Waals surface area contributed by atoms with Crippen molar-refractivity contribution in [3.05, 3.63) is 90.0 Å². The molecule has 0 saturated heterocycles. The minimum atomic E-state index is -4.08. The zero-order chi connectivity index (χ0) is 28.6. The van der Waals surface area contributed by atoms with E-state index in [1.165, 1.54) is 17.0 Å². The topological polar surface area (TPSA) is 96.0 Å². The number of methoxy groups -OCH3 is 1. The number of rotatable bonds is 12. The summed E-state index contributed by atoms with van der Waals surface area (Å²) < 4.78 is 33.9. The Morgan fingerprint density at radius 2 is 1.62 bits per heavy atom. The minimum absolute atomic E-state index is 0.0693. The molecule has 3 aromatic carbocycles. The second kappa shape index (κ2) is 13.3. The van der Waals surface area contributed by atoms with E-state index in [1.54, 1.807) is 62.6 Å². The molecular weight excluding hydrogens is 514 g/mol. The zero-order valence-corrected chi connectivity index (χ0v) is 23.9. The summed E-state index contributed by atoms with van der Waals surface area (Å²) in [5.74, 6) is -0.142. The lowest BCUT2D eigenvalue weighted by Crippen LogP contribution is -2.52. The lowest BCUT2D eigenvalue weighted by atomic mass is 10.1. The number of hydrogen-bond donors (Lipinski definition) is 1. The minimum Gasteiger partial charge on any atom is -0.497 e. The van der Waals surface area contributed by atoms with Crippen LogP contribution in [0.5, 0.6) is 5.75 Å². The van der Waals surface area contributed by atoms with Gasteiger partial charge in [-0.3, -0.25) is 13.9 Å². The van der Waals surface area contributed by atoms with Crippen molar-refractivity contribution in [1.82, 2.24) is 10.2 Å². The Bertz CT molecular complexity index is 1360. The van der Waals surface area contributed by atoms with Gasteiger partial charge in [-0.2, -0.15) is 0 Å². The van der Waals surface area contributed by atoms with Gasteiger partial charge in [-0.15, -0.1) is 0 Å². The normalized spacial score (nSPS) is 12.7. The summed E-state index contributed by atoms with van der Waals surface area (Å²) in [6.07, 6.45) is 0.737. The average Bonchev–Trinajstić information content (AvgIpc) is 2.94. The maximum atomic E-state index is 13.9. The van der Waals surface area contributed by atoms with Crippen molar-refractivity contribution in [2.75, 3.05) is 18.0 Å². The van der Waals surface area contributed by atoms with Crippen molar-refractivity contribution in [2.45, 2.75) is 57.6 Å². The summed E-state index contributed by atoms with van der Waals surface area (Å²) in [6.45, 7) is 7.01. The van der Waals surface area contributed by atoms with E-state index in [2.05, 4.69) is 5.32 Å². The number of hydrogen-bond acceptors (Lipinski definition) is 5. The highest BCUT2D eigenvalue weighted by Gasteiger charge is 2.32. The standard InChI is InChI=1S/C30H37N3O5S/c1-6-23(3)31-30(35)24(4)32(20-25-15-17-27(38-5)18-16-25)29(34)21-33(26-12-10-11-22(2)19-26)39(36,37)28-13-8-7-9-14-28/h7-19,23-24H,6,20-21H2,1-5H3,(H,31,35)/t23-,24-/m0/s1. The summed E-state index contributed by atoms with van der Waals surface area (Å²) in [5.41, 5.74) is 2.00. The van der Waals surface area contributed by atoms with Crippen molar-refractivity contribution >= 4 is 27.5 Å². The van der Waals surface area contributed by atoms with Crippen molar-refractivity contribution in [3.63, 3.8) is 0 Å². The van der Waals surface area contributed by atoms with Crippen LogP contribution in [0.25, 0.3) is 0 Å². The van der Waals surface area contributed by atoms with Crippen molar-refractivity contribution < 1.29 is 22.7 Å². The van der Waals surface area contributed by atoms with Crippen molar-refractivity contribution in [1.29, 1.82) is 0 Å². The third-order valence-corrected chi connectivity index (χ3v) is 8.37. The van der Waals surface area contributed by atoms with Gasteiger partial charge in [0.1, 0.15) is 18.3 Å². The molecule has 0 saturated carbocycles. The van der Waals surface area contributed by atoms with Crippen LogP contribution in [-0.2, 0) is 26.2 Å². The quantitative estimate of drug-likeness (QED) is 0.357. The van der Waals surface area contributed by atoms with E-state index in [9.17, 15) is 18.0 Å². The summed E-state index contributed by atoms with van der Waals surface area (Å²) >= 11 is 0. The number of nitrogens with zero attached hydrogens (tertiary/aromatic N) is 2. The van der Waals surface area contributed by atoms with Gasteiger partial charge in [0.25, 0.3) is 10.0 Å². The van der Waals surface area contributed by atoms with Gasteiger partial charge < -0.3 is 15.0 Å². The van der Waals surface area contributed by atoms with Crippen LogP contribution < -0.4 is 14.4 Å². The molecule has 0 radical (unpaired) electrons. The molecule has 3 rings (SSSR count). The zero-order valence-electron chi connectivity index (χ0n) is 23.1. The summed E-state index contributed by atoms with van der Waals surface area (Å²) in [6, 6.07) is 21.3. The maximum absolute atomic E-state index is 13.9. The monoisotopic (exact) mass is 551 g/mol. The third-order valence-electron chi connectivity index (χ3n) is 6.58. The Balaban J connectivity index is 2.01. The Morgan fingerprint density at radius 1 is 0.949 bits per heavy atom. The number of anilines is 1. The third kappa shape index (κ3) is 7.60. The number of amides is 2. The molecule has 0 aromatic heterocycles. The summed E-state index contributed by atoms with van der Waals surface area (Å²) in [5, 5.41) is 2.93.